The molecule has 1 rings (SSSR count). The molecule has 0 aliphatic carbocycles. The number of esters is 1. The van der Waals surface area contributed by atoms with Crippen LogP contribution in [0.25, 0.3) is 0 Å². The number of ether oxygens (including phenoxy) is 1. The summed E-state index contributed by atoms with van der Waals surface area (Å²) in [6.45, 7) is 3.55. The third kappa shape index (κ3) is 2.98. The van der Waals surface area contributed by atoms with Crippen molar-refractivity contribution in [2.75, 3.05) is 6.61 Å². The highest BCUT2D eigenvalue weighted by Crippen LogP contribution is 2.31. The minimum absolute atomic E-state index is 0.329. The van der Waals surface area contributed by atoms with E-state index in [9.17, 15) is 15.0 Å². The molecule has 2 atom stereocenters. The van der Waals surface area contributed by atoms with Crippen molar-refractivity contribution in [3.8, 4) is 0 Å². The van der Waals surface area contributed by atoms with Gasteiger partial charge >= 0.3 is 5.97 Å². The Hall–Kier alpha value is -1.07. The second-order valence-corrected chi connectivity index (χ2v) is 4.34. The van der Waals surface area contributed by atoms with Crippen molar-refractivity contribution in [2.24, 2.45) is 5.92 Å². The Bertz CT molecular complexity index is 306. The summed E-state index contributed by atoms with van der Waals surface area (Å²) in [5.74, 6) is -0.895. The van der Waals surface area contributed by atoms with E-state index in [0.29, 0.717) is 17.9 Å². The molecule has 0 bridgehead atoms. The first kappa shape index (κ1) is 14.0. The van der Waals surface area contributed by atoms with Crippen LogP contribution < -0.4 is 0 Å². The number of rotatable bonds is 6. The van der Waals surface area contributed by atoms with Gasteiger partial charge in [-0.05, 0) is 12.3 Å². The Kier molecular flexibility index (Phi) is 4.96. The van der Waals surface area contributed by atoms with E-state index in [1.807, 2.05) is 13.8 Å². The zero-order valence-electron chi connectivity index (χ0n) is 10.2. The van der Waals surface area contributed by atoms with Gasteiger partial charge in [0.2, 0.25) is 5.76 Å². The third-order valence-electron chi connectivity index (χ3n) is 3.27. The maximum Gasteiger partial charge on any atom is 0.374 e. The summed E-state index contributed by atoms with van der Waals surface area (Å²) in [6.07, 6.45) is 0.264. The summed E-state index contributed by atoms with van der Waals surface area (Å²) in [4.78, 5) is 11.3. The zero-order valence-corrected chi connectivity index (χ0v) is 10.2. The number of aliphatic hydroxyl groups is 3. The highest BCUT2D eigenvalue weighted by atomic mass is 16.6. The average molecular weight is 244 g/mol. The van der Waals surface area contributed by atoms with Crippen molar-refractivity contribution < 1.29 is 24.9 Å². The number of hydrogen-bond donors (Lipinski definition) is 3. The molecule has 0 radical (unpaired) electrons. The topological polar surface area (TPSA) is 87.0 Å². The molecular weight excluding hydrogens is 224 g/mol. The van der Waals surface area contributed by atoms with Gasteiger partial charge in [0.05, 0.1) is 6.61 Å². The predicted molar refractivity (Wildman–Crippen MR) is 61.3 cm³/mol. The van der Waals surface area contributed by atoms with Gasteiger partial charge in [0.25, 0.3) is 0 Å². The van der Waals surface area contributed by atoms with Gasteiger partial charge in [0.1, 0.15) is 6.10 Å². The van der Waals surface area contributed by atoms with Gasteiger partial charge in [-0.1, -0.05) is 26.7 Å². The molecule has 0 fully saturated rings. The third-order valence-corrected chi connectivity index (χ3v) is 3.27. The van der Waals surface area contributed by atoms with Crippen LogP contribution in [0.15, 0.2) is 11.3 Å². The van der Waals surface area contributed by atoms with Gasteiger partial charge in [-0.3, -0.25) is 0 Å². The van der Waals surface area contributed by atoms with Crippen LogP contribution in [0, 0.1) is 5.92 Å². The van der Waals surface area contributed by atoms with E-state index < -0.39 is 30.5 Å². The average Bonchev–Trinajstić information content (AvgIpc) is 2.62. The molecule has 2 unspecified atom stereocenters. The predicted octanol–water partition coefficient (Wildman–Crippen LogP) is 0.903. The SMILES string of the molecule is CCC(CC)CC1=C(O)C(=O)OC1C(O)CO. The van der Waals surface area contributed by atoms with E-state index in [1.165, 1.54) is 0 Å². The molecule has 5 nitrogen and oxygen atoms in total. The van der Waals surface area contributed by atoms with E-state index in [1.54, 1.807) is 0 Å². The molecule has 1 aliphatic heterocycles. The van der Waals surface area contributed by atoms with Gasteiger partial charge in [0, 0.05) is 5.57 Å². The lowest BCUT2D eigenvalue weighted by Crippen LogP contribution is -2.32. The molecular formula is C12H20O5. The van der Waals surface area contributed by atoms with Crippen LogP contribution in [0.4, 0.5) is 0 Å². The van der Waals surface area contributed by atoms with Crippen molar-refractivity contribution in [1.82, 2.24) is 0 Å². The van der Waals surface area contributed by atoms with Crippen LogP contribution in [-0.2, 0) is 9.53 Å². The second kappa shape index (κ2) is 6.02. The molecule has 0 aromatic carbocycles. The molecule has 0 amide bonds. The van der Waals surface area contributed by atoms with Crippen LogP contribution in [0.3, 0.4) is 0 Å². The van der Waals surface area contributed by atoms with Gasteiger partial charge in [0.15, 0.2) is 6.10 Å². The van der Waals surface area contributed by atoms with E-state index >= 15 is 0 Å². The van der Waals surface area contributed by atoms with E-state index in [4.69, 9.17) is 9.84 Å². The summed E-state index contributed by atoms with van der Waals surface area (Å²) in [6, 6.07) is 0. The van der Waals surface area contributed by atoms with Gasteiger partial charge in [-0.2, -0.15) is 0 Å². The lowest BCUT2D eigenvalue weighted by molar-refractivity contribution is -0.147. The van der Waals surface area contributed by atoms with Crippen LogP contribution in [0.1, 0.15) is 33.1 Å². The highest BCUT2D eigenvalue weighted by Gasteiger charge is 2.38. The molecule has 98 valence electrons. The first-order valence-electron chi connectivity index (χ1n) is 5.96. The maximum atomic E-state index is 11.3. The number of cyclic esters (lactones) is 1. The quantitative estimate of drug-likeness (QED) is 0.604. The monoisotopic (exact) mass is 244 g/mol. The largest absolute Gasteiger partial charge is 0.502 e. The van der Waals surface area contributed by atoms with Crippen molar-refractivity contribution in [2.45, 2.75) is 45.3 Å². The Balaban J connectivity index is 2.86. The molecule has 3 N–H and O–H groups in total. The Labute approximate surface area is 101 Å². The lowest BCUT2D eigenvalue weighted by atomic mass is 9.90. The molecule has 0 aromatic heterocycles. The van der Waals surface area contributed by atoms with E-state index in [-0.39, 0.29) is 0 Å². The smallest absolute Gasteiger partial charge is 0.374 e. The fourth-order valence-electron chi connectivity index (χ4n) is 2.02. The molecule has 0 aromatic rings. The van der Waals surface area contributed by atoms with Gasteiger partial charge in [-0.15, -0.1) is 0 Å². The standard InChI is InChI=1S/C12H20O5/c1-3-7(4-2)5-8-10(15)12(16)17-11(8)9(14)6-13/h7,9,11,13-15H,3-6H2,1-2H3. The number of aliphatic hydroxyl groups excluding tert-OH is 3. The van der Waals surface area contributed by atoms with Crippen molar-refractivity contribution in [3.63, 3.8) is 0 Å². The normalized spacial score (nSPS) is 22.2. The van der Waals surface area contributed by atoms with Crippen LogP contribution in [-0.4, -0.2) is 40.1 Å². The first-order valence-corrected chi connectivity index (χ1v) is 5.96. The molecule has 0 saturated carbocycles. The first-order chi connectivity index (χ1) is 8.04. The summed E-state index contributed by atoms with van der Waals surface area (Å²) >= 11 is 0. The summed E-state index contributed by atoms with van der Waals surface area (Å²) in [5.41, 5.74) is 0.408. The van der Waals surface area contributed by atoms with Crippen LogP contribution in [0.5, 0.6) is 0 Å². The molecule has 0 spiro atoms. The Morgan fingerprint density at radius 1 is 1.35 bits per heavy atom. The minimum atomic E-state index is -1.17. The van der Waals surface area contributed by atoms with Gasteiger partial charge in [-0.25, -0.2) is 4.79 Å². The maximum absolute atomic E-state index is 11.3. The summed E-state index contributed by atoms with van der Waals surface area (Å²) in [5, 5.41) is 28.1. The highest BCUT2D eigenvalue weighted by molar-refractivity contribution is 5.89. The van der Waals surface area contributed by atoms with Crippen molar-refractivity contribution in [3.05, 3.63) is 11.3 Å². The second-order valence-electron chi connectivity index (χ2n) is 4.34. The molecule has 5 heteroatoms. The zero-order chi connectivity index (χ0) is 13.0. The van der Waals surface area contributed by atoms with Crippen LogP contribution in [0.2, 0.25) is 0 Å². The molecule has 1 aliphatic rings. The summed E-state index contributed by atoms with van der Waals surface area (Å²) in [7, 11) is 0. The fourth-order valence-corrected chi connectivity index (χ4v) is 2.02. The lowest BCUT2D eigenvalue weighted by Gasteiger charge is -2.20. The van der Waals surface area contributed by atoms with Crippen molar-refractivity contribution in [1.29, 1.82) is 0 Å². The Morgan fingerprint density at radius 2 is 1.94 bits per heavy atom. The van der Waals surface area contributed by atoms with Crippen LogP contribution >= 0.6 is 0 Å². The fraction of sp³-hybridized carbons (Fsp3) is 0.750. The molecule has 0 saturated heterocycles. The molecule has 1 heterocycles. The minimum Gasteiger partial charge on any atom is -0.502 e. The number of carbonyl (C=O) groups is 1. The Morgan fingerprint density at radius 3 is 2.41 bits per heavy atom. The van der Waals surface area contributed by atoms with E-state index in [2.05, 4.69) is 0 Å². The summed E-state index contributed by atoms with van der Waals surface area (Å²) < 4.78 is 4.86. The number of carbonyl (C=O) groups excluding carboxylic acids is 1. The van der Waals surface area contributed by atoms with Gasteiger partial charge < -0.3 is 20.1 Å². The molecule has 17 heavy (non-hydrogen) atoms. The van der Waals surface area contributed by atoms with E-state index in [0.717, 1.165) is 12.8 Å². The van der Waals surface area contributed by atoms with Crippen molar-refractivity contribution >= 4 is 5.97 Å². The number of hydrogen-bond acceptors (Lipinski definition) is 5.